The van der Waals surface area contributed by atoms with Gasteiger partial charge in [-0.1, -0.05) is 32.9 Å². The average molecular weight is 324 g/mol. The summed E-state index contributed by atoms with van der Waals surface area (Å²) in [6.45, 7) is 11.1. The molecule has 96 valence electrons. The first-order chi connectivity index (χ1) is 8.29. The summed E-state index contributed by atoms with van der Waals surface area (Å²) in [5.74, 6) is 0. The van der Waals surface area contributed by atoms with Crippen molar-refractivity contribution in [3.63, 3.8) is 0 Å². The monoisotopic (exact) mass is 323 g/mol. The summed E-state index contributed by atoms with van der Waals surface area (Å²) < 4.78 is 0.941. The number of aromatic nitrogens is 1. The molecule has 1 aromatic heterocycles. The Morgan fingerprint density at radius 3 is 2.06 bits per heavy atom. The van der Waals surface area contributed by atoms with Crippen LogP contribution in [-0.4, -0.2) is 4.98 Å². The number of benzene rings is 1. The Morgan fingerprint density at radius 2 is 1.67 bits per heavy atom. The quantitative estimate of drug-likeness (QED) is 0.676. The van der Waals surface area contributed by atoms with Gasteiger partial charge in [-0.2, -0.15) is 0 Å². The number of hydrogen-bond acceptors (Lipinski definition) is 2. The molecule has 0 amide bonds. The second kappa shape index (κ2) is 4.78. The molecule has 0 radical (unpaired) electrons. The molecule has 0 aliphatic rings. The van der Waals surface area contributed by atoms with Gasteiger partial charge in [0.25, 0.3) is 0 Å². The van der Waals surface area contributed by atoms with Crippen molar-refractivity contribution in [2.24, 2.45) is 0 Å². The average Bonchev–Trinajstić information content (AvgIpc) is 2.62. The lowest BCUT2D eigenvalue weighted by Gasteiger charge is -2.22. The summed E-state index contributed by atoms with van der Waals surface area (Å²) in [5, 5.41) is 2.11. The SMILES string of the molecule is Cc1cc(C(C)(C)C)cc(C)c1-c1csc(Br)n1. The van der Waals surface area contributed by atoms with Crippen molar-refractivity contribution in [1.29, 1.82) is 0 Å². The first-order valence-corrected chi connectivity index (χ1v) is 7.69. The molecule has 0 aliphatic carbocycles. The molecule has 0 atom stereocenters. The predicted octanol–water partition coefficient (Wildman–Crippen LogP) is 5.49. The van der Waals surface area contributed by atoms with Crippen molar-refractivity contribution < 1.29 is 0 Å². The Hall–Kier alpha value is -0.670. The fourth-order valence-electron chi connectivity index (χ4n) is 2.17. The summed E-state index contributed by atoms with van der Waals surface area (Å²) in [7, 11) is 0. The van der Waals surface area contributed by atoms with E-state index >= 15 is 0 Å². The lowest BCUT2D eigenvalue weighted by Crippen LogP contribution is -2.12. The largest absolute Gasteiger partial charge is 0.229 e. The summed E-state index contributed by atoms with van der Waals surface area (Å²) >= 11 is 5.06. The molecule has 0 fully saturated rings. The minimum atomic E-state index is 0.191. The van der Waals surface area contributed by atoms with Crippen LogP contribution >= 0.6 is 27.3 Å². The van der Waals surface area contributed by atoms with E-state index in [0.717, 1.165) is 9.61 Å². The lowest BCUT2D eigenvalue weighted by molar-refractivity contribution is 0.589. The van der Waals surface area contributed by atoms with Crippen molar-refractivity contribution in [2.45, 2.75) is 40.0 Å². The highest BCUT2D eigenvalue weighted by atomic mass is 79.9. The van der Waals surface area contributed by atoms with E-state index in [0.29, 0.717) is 0 Å². The second-order valence-corrected chi connectivity index (χ2v) is 7.85. The first kappa shape index (κ1) is 13.8. The van der Waals surface area contributed by atoms with Crippen LogP contribution < -0.4 is 0 Å². The number of aryl methyl sites for hydroxylation is 2. The molecule has 1 aromatic carbocycles. The smallest absolute Gasteiger partial charge is 0.159 e. The van der Waals surface area contributed by atoms with E-state index < -0.39 is 0 Å². The molecule has 1 heterocycles. The molecule has 18 heavy (non-hydrogen) atoms. The number of nitrogens with zero attached hydrogens (tertiary/aromatic N) is 1. The van der Waals surface area contributed by atoms with Crippen molar-refractivity contribution in [3.8, 4) is 11.3 Å². The van der Waals surface area contributed by atoms with Gasteiger partial charge in [0.2, 0.25) is 0 Å². The van der Waals surface area contributed by atoms with E-state index in [9.17, 15) is 0 Å². The first-order valence-electron chi connectivity index (χ1n) is 6.02. The molecular formula is C15H18BrNS. The van der Waals surface area contributed by atoms with E-state index in [1.807, 2.05) is 0 Å². The van der Waals surface area contributed by atoms with Crippen LogP contribution in [0.2, 0.25) is 0 Å². The van der Waals surface area contributed by atoms with Crippen molar-refractivity contribution in [3.05, 3.63) is 38.1 Å². The predicted molar refractivity (Wildman–Crippen MR) is 83.4 cm³/mol. The normalized spacial score (nSPS) is 11.9. The molecule has 0 bridgehead atoms. The van der Waals surface area contributed by atoms with Crippen LogP contribution in [0.25, 0.3) is 11.3 Å². The van der Waals surface area contributed by atoms with Crippen molar-refractivity contribution in [2.75, 3.05) is 0 Å². The molecule has 2 aromatic rings. The Morgan fingerprint density at radius 1 is 1.11 bits per heavy atom. The highest BCUT2D eigenvalue weighted by Crippen LogP contribution is 2.33. The third kappa shape index (κ3) is 2.67. The molecule has 3 heteroatoms. The molecule has 0 unspecified atom stereocenters. The van der Waals surface area contributed by atoms with Gasteiger partial charge >= 0.3 is 0 Å². The summed E-state index contributed by atoms with van der Waals surface area (Å²) in [4.78, 5) is 4.53. The molecule has 0 saturated carbocycles. The summed E-state index contributed by atoms with van der Waals surface area (Å²) in [6, 6.07) is 4.57. The van der Waals surface area contributed by atoms with Gasteiger partial charge in [-0.05, 0) is 51.9 Å². The van der Waals surface area contributed by atoms with E-state index in [2.05, 4.69) is 73.0 Å². The zero-order chi connectivity index (χ0) is 13.5. The second-order valence-electron chi connectivity index (χ2n) is 5.72. The summed E-state index contributed by atoms with van der Waals surface area (Å²) in [6.07, 6.45) is 0. The number of halogens is 1. The maximum Gasteiger partial charge on any atom is 0.159 e. The Kier molecular flexibility index (Phi) is 3.65. The molecule has 1 nitrogen and oxygen atoms in total. The minimum Gasteiger partial charge on any atom is -0.229 e. The summed E-state index contributed by atoms with van der Waals surface area (Å²) in [5.41, 5.74) is 6.52. The van der Waals surface area contributed by atoms with Crippen LogP contribution in [0.4, 0.5) is 0 Å². The number of rotatable bonds is 1. The van der Waals surface area contributed by atoms with Gasteiger partial charge in [0.1, 0.15) is 0 Å². The fraction of sp³-hybridized carbons (Fsp3) is 0.400. The number of thiazole rings is 1. The van der Waals surface area contributed by atoms with Crippen molar-refractivity contribution in [1.82, 2.24) is 4.98 Å². The van der Waals surface area contributed by atoms with E-state index in [1.54, 1.807) is 11.3 Å². The van der Waals surface area contributed by atoms with Crippen LogP contribution in [0.15, 0.2) is 21.4 Å². The molecule has 2 rings (SSSR count). The topological polar surface area (TPSA) is 12.9 Å². The van der Waals surface area contributed by atoms with E-state index in [4.69, 9.17) is 0 Å². The van der Waals surface area contributed by atoms with Gasteiger partial charge in [-0.3, -0.25) is 0 Å². The third-order valence-corrected chi connectivity index (χ3v) is 4.50. The van der Waals surface area contributed by atoms with Gasteiger partial charge in [0.15, 0.2) is 3.92 Å². The molecule has 0 spiro atoms. The zero-order valence-corrected chi connectivity index (χ0v) is 13.9. The van der Waals surface area contributed by atoms with Crippen LogP contribution in [0.5, 0.6) is 0 Å². The van der Waals surface area contributed by atoms with Gasteiger partial charge in [0.05, 0.1) is 5.69 Å². The van der Waals surface area contributed by atoms with Gasteiger partial charge in [-0.15, -0.1) is 11.3 Å². The number of hydrogen-bond donors (Lipinski definition) is 0. The maximum absolute atomic E-state index is 4.53. The minimum absolute atomic E-state index is 0.191. The third-order valence-electron chi connectivity index (χ3n) is 3.13. The molecular weight excluding hydrogens is 306 g/mol. The van der Waals surface area contributed by atoms with Crippen LogP contribution in [0.3, 0.4) is 0 Å². The fourth-order valence-corrected chi connectivity index (χ4v) is 3.17. The highest BCUT2D eigenvalue weighted by molar-refractivity contribution is 9.11. The molecule has 0 saturated heterocycles. The van der Waals surface area contributed by atoms with E-state index in [1.165, 1.54) is 22.3 Å². The Bertz CT molecular complexity index is 555. The van der Waals surface area contributed by atoms with E-state index in [-0.39, 0.29) is 5.41 Å². The molecule has 0 aliphatic heterocycles. The van der Waals surface area contributed by atoms with Crippen LogP contribution in [-0.2, 0) is 5.41 Å². The van der Waals surface area contributed by atoms with Crippen LogP contribution in [0.1, 0.15) is 37.5 Å². The maximum atomic E-state index is 4.53. The zero-order valence-electron chi connectivity index (χ0n) is 11.5. The lowest BCUT2D eigenvalue weighted by atomic mass is 9.83. The van der Waals surface area contributed by atoms with Crippen molar-refractivity contribution >= 4 is 27.3 Å². The van der Waals surface area contributed by atoms with Gasteiger partial charge < -0.3 is 0 Å². The highest BCUT2D eigenvalue weighted by Gasteiger charge is 2.17. The Labute approximate surface area is 121 Å². The molecule has 0 N–H and O–H groups in total. The Balaban J connectivity index is 2.58. The standard InChI is InChI=1S/C15H18BrNS/c1-9-6-11(15(3,4)5)7-10(2)13(9)12-8-18-14(16)17-12/h6-8H,1-5H3. The van der Waals surface area contributed by atoms with Gasteiger partial charge in [0, 0.05) is 10.9 Å². The van der Waals surface area contributed by atoms with Gasteiger partial charge in [-0.25, -0.2) is 4.98 Å². The van der Waals surface area contributed by atoms with Crippen LogP contribution in [0, 0.1) is 13.8 Å².